The zero-order valence-electron chi connectivity index (χ0n) is 10.1. The highest BCUT2D eigenvalue weighted by atomic mass is 16.1. The molecule has 0 amide bonds. The lowest BCUT2D eigenvalue weighted by atomic mass is 9.91. The highest BCUT2D eigenvalue weighted by molar-refractivity contribution is 5.74. The summed E-state index contributed by atoms with van der Waals surface area (Å²) in [5.74, 6) is 0. The molecule has 0 unspecified atom stereocenters. The van der Waals surface area contributed by atoms with Crippen LogP contribution in [0.25, 0.3) is 0 Å². The molecule has 0 atom stereocenters. The molecule has 1 aliphatic rings. The minimum atomic E-state index is 1.01. The van der Waals surface area contributed by atoms with Crippen LogP contribution in [0.2, 0.25) is 0 Å². The minimum absolute atomic E-state index is 1.01. The Labute approximate surface area is 93.9 Å². The van der Waals surface area contributed by atoms with Gasteiger partial charge in [-0.1, -0.05) is 38.2 Å². The summed E-state index contributed by atoms with van der Waals surface area (Å²) in [5, 5.41) is 0. The highest BCUT2D eigenvalue weighted by Crippen LogP contribution is 2.25. The third kappa shape index (κ3) is 4.63. The van der Waals surface area contributed by atoms with Crippen molar-refractivity contribution >= 4 is 6.29 Å². The standard InChI is InChI=1S/C14H24O/c1-2-3-9-14(12-15)13-10-7-5-4-6-8-11-13/h12H,2-11H2,1H3. The molecular weight excluding hydrogens is 184 g/mol. The Balaban J connectivity index is 2.58. The van der Waals surface area contributed by atoms with E-state index in [-0.39, 0.29) is 0 Å². The summed E-state index contributed by atoms with van der Waals surface area (Å²) < 4.78 is 0. The van der Waals surface area contributed by atoms with Crippen molar-refractivity contribution in [3.05, 3.63) is 11.1 Å². The Morgan fingerprint density at radius 1 is 1.13 bits per heavy atom. The minimum Gasteiger partial charge on any atom is -0.298 e. The van der Waals surface area contributed by atoms with E-state index in [2.05, 4.69) is 6.92 Å². The number of unbranched alkanes of at least 4 members (excludes halogenated alkanes) is 1. The van der Waals surface area contributed by atoms with Gasteiger partial charge in [0.2, 0.25) is 0 Å². The van der Waals surface area contributed by atoms with Crippen LogP contribution in [0.5, 0.6) is 0 Å². The van der Waals surface area contributed by atoms with E-state index < -0.39 is 0 Å². The summed E-state index contributed by atoms with van der Waals surface area (Å²) in [7, 11) is 0. The molecule has 0 heterocycles. The first-order valence-electron chi connectivity index (χ1n) is 6.54. The molecule has 15 heavy (non-hydrogen) atoms. The smallest absolute Gasteiger partial charge is 0.145 e. The van der Waals surface area contributed by atoms with E-state index in [4.69, 9.17) is 0 Å². The van der Waals surface area contributed by atoms with Gasteiger partial charge in [-0.15, -0.1) is 0 Å². The Hall–Kier alpha value is -0.590. The maximum absolute atomic E-state index is 11.1. The van der Waals surface area contributed by atoms with Gasteiger partial charge in [0.25, 0.3) is 0 Å². The number of aldehydes is 1. The lowest BCUT2D eigenvalue weighted by Gasteiger charge is -2.14. The fourth-order valence-corrected chi connectivity index (χ4v) is 2.34. The summed E-state index contributed by atoms with van der Waals surface area (Å²) >= 11 is 0. The number of hydrogen-bond donors (Lipinski definition) is 0. The summed E-state index contributed by atoms with van der Waals surface area (Å²) in [6, 6.07) is 0. The lowest BCUT2D eigenvalue weighted by Crippen LogP contribution is -1.98. The van der Waals surface area contributed by atoms with E-state index in [0.29, 0.717) is 0 Å². The van der Waals surface area contributed by atoms with Gasteiger partial charge in [-0.25, -0.2) is 0 Å². The zero-order chi connectivity index (χ0) is 10.9. The predicted octanol–water partition coefficient (Wildman–Crippen LogP) is 4.42. The number of rotatable bonds is 4. The van der Waals surface area contributed by atoms with Crippen LogP contribution in [0, 0.1) is 0 Å². The number of carbonyl (C=O) groups excluding carboxylic acids is 1. The summed E-state index contributed by atoms with van der Waals surface area (Å²) in [6.07, 6.45) is 13.5. The first kappa shape index (κ1) is 12.5. The SMILES string of the molecule is CCCCC(C=O)=C1CCCCCCC1. The maximum atomic E-state index is 11.1. The molecule has 0 aromatic rings. The average molecular weight is 208 g/mol. The van der Waals surface area contributed by atoms with Crippen molar-refractivity contribution in [1.82, 2.24) is 0 Å². The number of hydrogen-bond acceptors (Lipinski definition) is 1. The van der Waals surface area contributed by atoms with Crippen molar-refractivity contribution in [3.63, 3.8) is 0 Å². The number of allylic oxidation sites excluding steroid dienone is 2. The van der Waals surface area contributed by atoms with Crippen LogP contribution in [-0.4, -0.2) is 6.29 Å². The molecule has 1 nitrogen and oxygen atoms in total. The molecule has 0 aromatic heterocycles. The average Bonchev–Trinajstić information content (AvgIpc) is 2.21. The first-order chi connectivity index (χ1) is 7.38. The molecule has 0 radical (unpaired) electrons. The predicted molar refractivity (Wildman–Crippen MR) is 64.9 cm³/mol. The molecule has 1 fully saturated rings. The van der Waals surface area contributed by atoms with Crippen LogP contribution in [-0.2, 0) is 4.79 Å². The third-order valence-electron chi connectivity index (χ3n) is 3.35. The Bertz CT molecular complexity index is 205. The van der Waals surface area contributed by atoms with Gasteiger partial charge in [-0.3, -0.25) is 4.79 Å². The fraction of sp³-hybridized carbons (Fsp3) is 0.786. The molecule has 0 N–H and O–H groups in total. The van der Waals surface area contributed by atoms with Crippen LogP contribution >= 0.6 is 0 Å². The molecule has 1 saturated carbocycles. The van der Waals surface area contributed by atoms with E-state index in [9.17, 15) is 4.79 Å². The van der Waals surface area contributed by atoms with E-state index in [0.717, 1.165) is 24.7 Å². The lowest BCUT2D eigenvalue weighted by molar-refractivity contribution is -0.105. The van der Waals surface area contributed by atoms with Gasteiger partial charge < -0.3 is 0 Å². The monoisotopic (exact) mass is 208 g/mol. The molecule has 0 spiro atoms. The molecule has 1 aliphatic carbocycles. The zero-order valence-corrected chi connectivity index (χ0v) is 10.1. The van der Waals surface area contributed by atoms with Gasteiger partial charge in [0.05, 0.1) is 0 Å². The second-order valence-corrected chi connectivity index (χ2v) is 4.62. The quantitative estimate of drug-likeness (QED) is 0.494. The van der Waals surface area contributed by atoms with Gasteiger partial charge in [0, 0.05) is 0 Å². The van der Waals surface area contributed by atoms with Crippen LogP contribution < -0.4 is 0 Å². The largest absolute Gasteiger partial charge is 0.298 e. The first-order valence-corrected chi connectivity index (χ1v) is 6.54. The number of carbonyl (C=O) groups is 1. The van der Waals surface area contributed by atoms with Crippen LogP contribution in [0.3, 0.4) is 0 Å². The second-order valence-electron chi connectivity index (χ2n) is 4.62. The molecule has 1 heteroatoms. The molecule has 1 rings (SSSR count). The Morgan fingerprint density at radius 3 is 2.27 bits per heavy atom. The fourth-order valence-electron chi connectivity index (χ4n) is 2.34. The van der Waals surface area contributed by atoms with Crippen LogP contribution in [0.15, 0.2) is 11.1 Å². The van der Waals surface area contributed by atoms with E-state index >= 15 is 0 Å². The van der Waals surface area contributed by atoms with Crippen molar-refractivity contribution in [2.75, 3.05) is 0 Å². The van der Waals surface area contributed by atoms with Gasteiger partial charge >= 0.3 is 0 Å². The van der Waals surface area contributed by atoms with Crippen molar-refractivity contribution in [2.24, 2.45) is 0 Å². The van der Waals surface area contributed by atoms with Crippen LogP contribution in [0.1, 0.15) is 71.1 Å². The summed E-state index contributed by atoms with van der Waals surface area (Å²) in [6.45, 7) is 2.19. The third-order valence-corrected chi connectivity index (χ3v) is 3.35. The maximum Gasteiger partial charge on any atom is 0.145 e. The second kappa shape index (κ2) is 7.67. The van der Waals surface area contributed by atoms with Gasteiger partial charge in [0.15, 0.2) is 0 Å². The summed E-state index contributed by atoms with van der Waals surface area (Å²) in [4.78, 5) is 11.1. The van der Waals surface area contributed by atoms with Crippen LogP contribution in [0.4, 0.5) is 0 Å². The molecule has 0 aromatic carbocycles. The molecule has 86 valence electrons. The Kier molecular flexibility index (Phi) is 6.38. The van der Waals surface area contributed by atoms with E-state index in [1.54, 1.807) is 0 Å². The molecule has 0 bridgehead atoms. The van der Waals surface area contributed by atoms with Crippen molar-refractivity contribution < 1.29 is 4.79 Å². The van der Waals surface area contributed by atoms with Gasteiger partial charge in [0.1, 0.15) is 6.29 Å². The van der Waals surface area contributed by atoms with Crippen molar-refractivity contribution in [1.29, 1.82) is 0 Å². The summed E-state index contributed by atoms with van der Waals surface area (Å²) in [5.41, 5.74) is 2.59. The molecule has 0 saturated heterocycles. The molecular formula is C14H24O. The normalized spacial score (nSPS) is 18.1. The van der Waals surface area contributed by atoms with Gasteiger partial charge in [-0.05, 0) is 44.1 Å². The van der Waals surface area contributed by atoms with Gasteiger partial charge in [-0.2, -0.15) is 0 Å². The Morgan fingerprint density at radius 2 is 1.73 bits per heavy atom. The van der Waals surface area contributed by atoms with Crippen molar-refractivity contribution in [2.45, 2.75) is 71.1 Å². The van der Waals surface area contributed by atoms with Crippen molar-refractivity contribution in [3.8, 4) is 0 Å². The topological polar surface area (TPSA) is 17.1 Å². The van der Waals surface area contributed by atoms with E-state index in [1.807, 2.05) is 0 Å². The highest BCUT2D eigenvalue weighted by Gasteiger charge is 2.08. The van der Waals surface area contributed by atoms with E-state index in [1.165, 1.54) is 56.9 Å². The molecule has 0 aliphatic heterocycles.